The zero-order chi connectivity index (χ0) is 50.7. The molecule has 0 amide bonds. The second-order valence-corrected chi connectivity index (χ2v) is 21.6. The SMILES string of the molecule is c1ccc(-c2ccc3c4ccc(-c5ccc6c7ccccc7c7c8cc(-c9ccc%10c%11ccc(-c%12ccccc%12)c%12cccc(c%13cccc9c%13%10)c%12%11)ccc8c8ccccc8c7c6c5)c5cccc(c6cccc2c63)c54)cc1. The van der Waals surface area contributed by atoms with Crippen molar-refractivity contribution in [1.82, 2.24) is 0 Å². The van der Waals surface area contributed by atoms with E-state index in [1.165, 1.54) is 185 Å². The van der Waals surface area contributed by atoms with Gasteiger partial charge in [-0.1, -0.05) is 255 Å². The normalized spacial score (nSPS) is 12.4. The Morgan fingerprint density at radius 1 is 0.115 bits per heavy atom. The Morgan fingerprint density at radius 3 is 0.692 bits per heavy atom. The molecule has 78 heavy (non-hydrogen) atoms. The molecular weight excluding hydrogens is 937 g/mol. The maximum atomic E-state index is 2.51. The van der Waals surface area contributed by atoms with Gasteiger partial charge < -0.3 is 0 Å². The number of hydrogen-bond acceptors (Lipinski definition) is 0. The first kappa shape index (κ1) is 42.1. The van der Waals surface area contributed by atoms with Gasteiger partial charge in [-0.3, -0.25) is 0 Å². The van der Waals surface area contributed by atoms with Gasteiger partial charge >= 0.3 is 0 Å². The van der Waals surface area contributed by atoms with E-state index in [1.807, 2.05) is 0 Å². The summed E-state index contributed by atoms with van der Waals surface area (Å²) in [5.74, 6) is 0. The van der Waals surface area contributed by atoms with Gasteiger partial charge in [-0.2, -0.15) is 0 Å². The third-order valence-corrected chi connectivity index (χ3v) is 17.9. The number of benzene rings is 18. The third kappa shape index (κ3) is 5.63. The highest BCUT2D eigenvalue weighted by Crippen LogP contribution is 2.50. The molecule has 18 aromatic carbocycles. The summed E-state index contributed by atoms with van der Waals surface area (Å²) in [5, 5.41) is 33.7. The van der Waals surface area contributed by atoms with E-state index in [9.17, 15) is 0 Å². The average molecular weight is 981 g/mol. The highest BCUT2D eigenvalue weighted by Gasteiger charge is 2.22. The Labute approximate surface area is 448 Å². The van der Waals surface area contributed by atoms with Gasteiger partial charge in [-0.25, -0.2) is 0 Å². The Balaban J connectivity index is 0.877. The highest BCUT2D eigenvalue weighted by atomic mass is 14.3. The lowest BCUT2D eigenvalue weighted by Gasteiger charge is -2.20. The van der Waals surface area contributed by atoms with Gasteiger partial charge in [0, 0.05) is 0 Å². The Hall–Kier alpha value is -10.1. The van der Waals surface area contributed by atoms with Crippen molar-refractivity contribution in [2.75, 3.05) is 0 Å². The minimum absolute atomic E-state index is 1.22. The summed E-state index contributed by atoms with van der Waals surface area (Å²) in [5.41, 5.74) is 9.99. The van der Waals surface area contributed by atoms with Crippen LogP contribution in [0.25, 0.3) is 185 Å². The zero-order valence-electron chi connectivity index (χ0n) is 42.4. The second-order valence-electron chi connectivity index (χ2n) is 21.6. The maximum Gasteiger partial charge on any atom is -0.00137 e. The summed E-state index contributed by atoms with van der Waals surface area (Å²) in [4.78, 5) is 0. The smallest absolute Gasteiger partial charge is 0.00137 e. The van der Waals surface area contributed by atoms with E-state index in [2.05, 4.69) is 267 Å². The molecule has 0 aliphatic carbocycles. The number of rotatable bonds is 4. The van der Waals surface area contributed by atoms with Gasteiger partial charge in [0.2, 0.25) is 0 Å². The summed E-state index contributed by atoms with van der Waals surface area (Å²) in [6, 6.07) is 101. The van der Waals surface area contributed by atoms with Crippen molar-refractivity contribution in [2.45, 2.75) is 0 Å². The molecule has 0 atom stereocenters. The molecule has 0 N–H and O–H groups in total. The lowest BCUT2D eigenvalue weighted by Crippen LogP contribution is -1.92. The van der Waals surface area contributed by atoms with Crippen molar-refractivity contribution in [1.29, 1.82) is 0 Å². The molecule has 0 radical (unpaired) electrons. The minimum Gasteiger partial charge on any atom is -0.0622 e. The number of hydrogen-bond donors (Lipinski definition) is 0. The fourth-order valence-electron chi connectivity index (χ4n) is 14.7. The summed E-state index contributed by atoms with van der Waals surface area (Å²) < 4.78 is 0. The van der Waals surface area contributed by atoms with E-state index in [4.69, 9.17) is 0 Å². The average Bonchev–Trinajstić information content (AvgIpc) is 3.69. The predicted octanol–water partition coefficient (Wildman–Crippen LogP) is 22.2. The fourth-order valence-corrected chi connectivity index (χ4v) is 14.7. The van der Waals surface area contributed by atoms with Crippen LogP contribution in [-0.2, 0) is 0 Å². The van der Waals surface area contributed by atoms with Crippen molar-refractivity contribution < 1.29 is 0 Å². The van der Waals surface area contributed by atoms with Crippen LogP contribution in [0.2, 0.25) is 0 Å². The largest absolute Gasteiger partial charge is 0.0622 e. The summed E-state index contributed by atoms with van der Waals surface area (Å²) in [7, 11) is 0. The molecule has 18 aromatic rings. The fraction of sp³-hybridized carbons (Fsp3) is 0. The zero-order valence-corrected chi connectivity index (χ0v) is 42.4. The van der Waals surface area contributed by atoms with Crippen LogP contribution in [0, 0.1) is 0 Å². The molecule has 0 heteroatoms. The van der Waals surface area contributed by atoms with Crippen molar-refractivity contribution in [3.05, 3.63) is 267 Å². The van der Waals surface area contributed by atoms with Crippen molar-refractivity contribution in [3.8, 4) is 44.5 Å². The first-order valence-electron chi connectivity index (χ1n) is 27.3. The topological polar surface area (TPSA) is 0 Å². The van der Waals surface area contributed by atoms with Gasteiger partial charge in [0.1, 0.15) is 0 Å². The molecule has 0 saturated carbocycles. The molecule has 18 rings (SSSR count). The van der Waals surface area contributed by atoms with E-state index in [0.29, 0.717) is 0 Å². The molecule has 0 heterocycles. The molecule has 0 aliphatic heterocycles. The summed E-state index contributed by atoms with van der Waals surface area (Å²) in [6.45, 7) is 0. The van der Waals surface area contributed by atoms with Crippen LogP contribution < -0.4 is 0 Å². The molecule has 0 spiro atoms. The molecule has 0 nitrogen and oxygen atoms in total. The van der Waals surface area contributed by atoms with E-state index >= 15 is 0 Å². The molecule has 0 saturated heterocycles. The molecule has 0 fully saturated rings. The van der Waals surface area contributed by atoms with Gasteiger partial charge in [0.15, 0.2) is 0 Å². The third-order valence-electron chi connectivity index (χ3n) is 17.9. The van der Waals surface area contributed by atoms with Crippen LogP contribution in [0.4, 0.5) is 0 Å². The molecule has 0 aromatic heterocycles. The molecule has 0 unspecified atom stereocenters. The van der Waals surface area contributed by atoms with E-state index < -0.39 is 0 Å². The minimum atomic E-state index is 1.22. The quantitative estimate of drug-likeness (QED) is 0.122. The molecule has 0 bridgehead atoms. The van der Waals surface area contributed by atoms with Crippen LogP contribution in [-0.4, -0.2) is 0 Å². The highest BCUT2D eigenvalue weighted by molar-refractivity contribution is 6.41. The standard InChI is InChI=1S/C78H44/c1-3-15-45(16-4-1)49-35-39-67-69-41-37-51(59-25-13-29-65(75(59)69)63-27-11-23-57(49)73(63)67)47-31-33-55-53-19-7-10-22-62(53)78-72-44-48(32-34-56(72)54-20-8-9-21-61(54)77(78)71(55)43-47)52-38-42-70-68-40-36-50(46-17-5-2-6-18-46)58-24-12-28-64(74(58)68)66-30-14-26-60(52)76(66)70/h1-44H. The van der Waals surface area contributed by atoms with Gasteiger partial charge in [-0.05, 0) is 197 Å². The molecular formula is C78H44. The lowest BCUT2D eigenvalue weighted by molar-refractivity contribution is 1.66. The van der Waals surface area contributed by atoms with E-state index in [1.54, 1.807) is 0 Å². The summed E-state index contributed by atoms with van der Waals surface area (Å²) in [6.07, 6.45) is 0. The Bertz CT molecular complexity index is 5200. The molecule has 356 valence electrons. The Morgan fingerprint density at radius 2 is 0.346 bits per heavy atom. The van der Waals surface area contributed by atoms with Crippen LogP contribution in [0.1, 0.15) is 0 Å². The monoisotopic (exact) mass is 980 g/mol. The van der Waals surface area contributed by atoms with Crippen LogP contribution in [0.3, 0.4) is 0 Å². The van der Waals surface area contributed by atoms with Crippen LogP contribution in [0.5, 0.6) is 0 Å². The molecule has 0 aliphatic rings. The van der Waals surface area contributed by atoms with Crippen LogP contribution >= 0.6 is 0 Å². The van der Waals surface area contributed by atoms with Crippen molar-refractivity contribution in [2.24, 2.45) is 0 Å². The Kier molecular flexibility index (Phi) is 8.49. The van der Waals surface area contributed by atoms with E-state index in [0.717, 1.165) is 0 Å². The number of fused-ring (bicyclic) bond motifs is 15. The van der Waals surface area contributed by atoms with Crippen molar-refractivity contribution >= 4 is 140 Å². The lowest BCUT2D eigenvalue weighted by atomic mass is 9.83. The second kappa shape index (κ2) is 15.7. The van der Waals surface area contributed by atoms with Gasteiger partial charge in [0.25, 0.3) is 0 Å². The van der Waals surface area contributed by atoms with Crippen molar-refractivity contribution in [3.63, 3.8) is 0 Å². The first-order chi connectivity index (χ1) is 38.7. The van der Waals surface area contributed by atoms with Gasteiger partial charge in [0.05, 0.1) is 0 Å². The maximum absolute atomic E-state index is 2.51. The van der Waals surface area contributed by atoms with E-state index in [-0.39, 0.29) is 0 Å². The van der Waals surface area contributed by atoms with Crippen LogP contribution in [0.15, 0.2) is 267 Å². The van der Waals surface area contributed by atoms with Gasteiger partial charge in [-0.15, -0.1) is 0 Å². The predicted molar refractivity (Wildman–Crippen MR) is 338 cm³/mol. The summed E-state index contributed by atoms with van der Waals surface area (Å²) >= 11 is 0. The first-order valence-corrected chi connectivity index (χ1v) is 27.3.